The maximum absolute atomic E-state index is 11.8. The number of methoxy groups -OCH3 is 1. The minimum atomic E-state index is -1.02. The van der Waals surface area contributed by atoms with Gasteiger partial charge in [0.1, 0.15) is 11.3 Å². The molecule has 0 amide bonds. The number of fused-ring (bicyclic) bond motifs is 1. The van der Waals surface area contributed by atoms with Gasteiger partial charge in [0.2, 0.25) is 0 Å². The average molecular weight is 352 g/mol. The smallest absolute Gasteiger partial charge is 0.340 e. The summed E-state index contributed by atoms with van der Waals surface area (Å²) < 4.78 is 6.42. The van der Waals surface area contributed by atoms with Gasteiger partial charge in [-0.05, 0) is 30.7 Å². The summed E-state index contributed by atoms with van der Waals surface area (Å²) in [6.07, 6.45) is 1.52. The zero-order valence-electron chi connectivity index (χ0n) is 14.2. The van der Waals surface area contributed by atoms with Crippen molar-refractivity contribution in [1.29, 1.82) is 0 Å². The number of hydrogen-bond donors (Lipinski definition) is 1. The average Bonchev–Trinajstić information content (AvgIpc) is 2.95. The number of rotatable bonds is 5. The molecule has 0 saturated heterocycles. The Morgan fingerprint density at radius 1 is 1.19 bits per heavy atom. The van der Waals surface area contributed by atoms with Crippen molar-refractivity contribution in [1.82, 2.24) is 9.38 Å². The molecule has 8 nitrogen and oxygen atoms in total. The number of benzene rings is 1. The maximum Gasteiger partial charge on any atom is 0.340 e. The normalized spacial score (nSPS) is 11.2. The third-order valence-corrected chi connectivity index (χ3v) is 3.69. The van der Waals surface area contributed by atoms with Crippen LogP contribution < -0.4 is 0 Å². The van der Waals surface area contributed by atoms with Gasteiger partial charge in [-0.2, -0.15) is 0 Å². The Hall–Kier alpha value is -3.55. The van der Waals surface area contributed by atoms with E-state index in [2.05, 4.69) is 15.2 Å². The first-order chi connectivity index (χ1) is 12.5. The highest BCUT2D eigenvalue weighted by Gasteiger charge is 2.16. The highest BCUT2D eigenvalue weighted by molar-refractivity contribution is 5.94. The summed E-state index contributed by atoms with van der Waals surface area (Å²) in [5.41, 5.74) is 2.42. The van der Waals surface area contributed by atoms with Crippen molar-refractivity contribution in [2.45, 2.75) is 13.3 Å². The Kier molecular flexibility index (Phi) is 4.74. The van der Waals surface area contributed by atoms with Crippen molar-refractivity contribution < 1.29 is 19.4 Å². The second kappa shape index (κ2) is 7.14. The number of pyridine rings is 1. The number of esters is 1. The van der Waals surface area contributed by atoms with E-state index in [1.807, 2.05) is 13.0 Å². The molecule has 0 fully saturated rings. The lowest BCUT2D eigenvalue weighted by molar-refractivity contribution is -0.136. The number of azo groups is 1. The molecular formula is C18H16N4O4. The van der Waals surface area contributed by atoms with Crippen molar-refractivity contribution >= 4 is 29.1 Å². The number of hydrogen-bond acceptors (Lipinski definition) is 6. The van der Waals surface area contributed by atoms with E-state index in [0.717, 1.165) is 5.56 Å². The topological polar surface area (TPSA) is 106 Å². The van der Waals surface area contributed by atoms with Gasteiger partial charge in [0.05, 0.1) is 24.8 Å². The number of carboxylic acid groups (broad SMARTS) is 1. The van der Waals surface area contributed by atoms with Crippen molar-refractivity contribution in [3.05, 3.63) is 59.4 Å². The van der Waals surface area contributed by atoms with E-state index in [1.54, 1.807) is 40.9 Å². The van der Waals surface area contributed by atoms with Gasteiger partial charge in [0, 0.05) is 6.20 Å². The Labute approximate surface area is 148 Å². The predicted molar refractivity (Wildman–Crippen MR) is 93.2 cm³/mol. The lowest BCUT2D eigenvalue weighted by atomic mass is 10.2. The number of ether oxygens (including phenoxy) is 1. The van der Waals surface area contributed by atoms with Crippen LogP contribution in [0.1, 0.15) is 21.6 Å². The first-order valence-electron chi connectivity index (χ1n) is 7.78. The number of carbonyl (C=O) groups excluding carboxylic acids is 1. The van der Waals surface area contributed by atoms with Crippen molar-refractivity contribution in [3.8, 4) is 0 Å². The molecule has 0 bridgehead atoms. The highest BCUT2D eigenvalue weighted by Crippen LogP contribution is 2.27. The Morgan fingerprint density at radius 2 is 1.96 bits per heavy atom. The summed E-state index contributed by atoms with van der Waals surface area (Å²) in [6.45, 7) is 1.91. The van der Waals surface area contributed by atoms with Gasteiger partial charge in [0.25, 0.3) is 0 Å². The van der Waals surface area contributed by atoms with Gasteiger partial charge in [-0.15, -0.1) is 10.2 Å². The van der Waals surface area contributed by atoms with Crippen LogP contribution >= 0.6 is 0 Å². The van der Waals surface area contributed by atoms with E-state index in [9.17, 15) is 9.59 Å². The minimum Gasteiger partial charge on any atom is -0.481 e. The van der Waals surface area contributed by atoms with E-state index >= 15 is 0 Å². The molecule has 0 spiro atoms. The van der Waals surface area contributed by atoms with Crippen LogP contribution in [0.25, 0.3) is 5.65 Å². The van der Waals surface area contributed by atoms with Gasteiger partial charge in [0.15, 0.2) is 5.82 Å². The van der Waals surface area contributed by atoms with E-state index in [4.69, 9.17) is 9.84 Å². The molecule has 3 aromatic rings. The summed E-state index contributed by atoms with van der Waals surface area (Å²) in [5.74, 6) is -1.23. The zero-order chi connectivity index (χ0) is 18.7. The molecule has 0 saturated carbocycles. The molecule has 1 N–H and O–H groups in total. The van der Waals surface area contributed by atoms with Crippen LogP contribution in [-0.2, 0) is 16.0 Å². The van der Waals surface area contributed by atoms with Gasteiger partial charge < -0.3 is 9.84 Å². The van der Waals surface area contributed by atoms with Gasteiger partial charge >= 0.3 is 11.9 Å². The fourth-order valence-electron chi connectivity index (χ4n) is 2.50. The lowest BCUT2D eigenvalue weighted by Gasteiger charge is -2.02. The first kappa shape index (κ1) is 17.3. The molecule has 1 aromatic carbocycles. The minimum absolute atomic E-state index is 0.267. The van der Waals surface area contributed by atoms with Gasteiger partial charge in [-0.25, -0.2) is 9.78 Å². The molecule has 132 valence electrons. The molecule has 0 aliphatic carbocycles. The molecule has 0 atom stereocenters. The Balaban J connectivity index is 2.11. The van der Waals surface area contributed by atoms with Crippen LogP contribution in [-0.4, -0.2) is 33.5 Å². The molecule has 26 heavy (non-hydrogen) atoms. The van der Waals surface area contributed by atoms with Crippen molar-refractivity contribution in [2.75, 3.05) is 7.11 Å². The predicted octanol–water partition coefficient (Wildman–Crippen LogP) is 3.47. The summed E-state index contributed by atoms with van der Waals surface area (Å²) in [6, 6.07) is 10.3. The zero-order valence-corrected chi connectivity index (χ0v) is 14.2. The van der Waals surface area contributed by atoms with Crippen molar-refractivity contribution in [3.63, 3.8) is 0 Å². The lowest BCUT2D eigenvalue weighted by Crippen LogP contribution is -2.01. The number of aliphatic carboxylic acids is 1. The third kappa shape index (κ3) is 3.44. The summed E-state index contributed by atoms with van der Waals surface area (Å²) in [5, 5.41) is 17.4. The maximum atomic E-state index is 11.8. The van der Waals surface area contributed by atoms with Crippen LogP contribution in [0.4, 0.5) is 11.5 Å². The fraction of sp³-hybridized carbons (Fsp3) is 0.167. The molecule has 0 unspecified atom stereocenters. The molecule has 0 aliphatic rings. The van der Waals surface area contributed by atoms with E-state index in [-0.39, 0.29) is 12.0 Å². The largest absolute Gasteiger partial charge is 0.481 e. The molecule has 8 heteroatoms. The van der Waals surface area contributed by atoms with Crippen molar-refractivity contribution in [2.24, 2.45) is 10.2 Å². The van der Waals surface area contributed by atoms with E-state index in [0.29, 0.717) is 22.8 Å². The highest BCUT2D eigenvalue weighted by atomic mass is 16.5. The Bertz CT molecular complexity index is 1020. The molecule has 3 rings (SSSR count). The molecule has 2 heterocycles. The second-order valence-electron chi connectivity index (χ2n) is 5.60. The monoisotopic (exact) mass is 352 g/mol. The second-order valence-corrected chi connectivity index (χ2v) is 5.60. The SMILES string of the molecule is COC(=O)c1ccccc1N=Nc1c(CC(=O)O)nc2ccc(C)cn12. The summed E-state index contributed by atoms with van der Waals surface area (Å²) in [4.78, 5) is 27.3. The van der Waals surface area contributed by atoms with Crippen LogP contribution in [0.5, 0.6) is 0 Å². The number of carbonyl (C=O) groups is 2. The number of imidazole rings is 1. The van der Waals surface area contributed by atoms with Crippen LogP contribution in [0.2, 0.25) is 0 Å². The van der Waals surface area contributed by atoms with Crippen LogP contribution in [0.3, 0.4) is 0 Å². The summed E-state index contributed by atoms with van der Waals surface area (Å²) >= 11 is 0. The molecular weight excluding hydrogens is 336 g/mol. The Morgan fingerprint density at radius 3 is 2.69 bits per heavy atom. The number of aromatic nitrogens is 2. The third-order valence-electron chi connectivity index (χ3n) is 3.69. The molecule has 0 aliphatic heterocycles. The fourth-order valence-corrected chi connectivity index (χ4v) is 2.50. The van der Waals surface area contributed by atoms with Crippen LogP contribution in [0, 0.1) is 6.92 Å². The standard InChI is InChI=1S/C18H16N4O4/c1-11-7-8-15-19-14(9-16(23)24)17(22(15)10-11)21-20-13-6-4-3-5-12(13)18(25)26-2/h3-8,10H,9H2,1-2H3,(H,23,24). The number of carboxylic acids is 1. The first-order valence-corrected chi connectivity index (χ1v) is 7.78. The quantitative estimate of drug-likeness (QED) is 0.559. The van der Waals surface area contributed by atoms with E-state index in [1.165, 1.54) is 7.11 Å². The van der Waals surface area contributed by atoms with Gasteiger partial charge in [-0.3, -0.25) is 9.20 Å². The van der Waals surface area contributed by atoms with Gasteiger partial charge in [-0.1, -0.05) is 18.2 Å². The molecule has 2 aromatic heterocycles. The number of nitrogens with zero attached hydrogens (tertiary/aromatic N) is 4. The summed E-state index contributed by atoms with van der Waals surface area (Å²) in [7, 11) is 1.29. The number of aryl methyl sites for hydroxylation is 1. The molecule has 0 radical (unpaired) electrons. The van der Waals surface area contributed by atoms with Crippen LogP contribution in [0.15, 0.2) is 52.8 Å². The van der Waals surface area contributed by atoms with E-state index < -0.39 is 11.9 Å².